The molecule has 0 saturated carbocycles. The summed E-state index contributed by atoms with van der Waals surface area (Å²) in [5, 5.41) is 11.7. The Balaban J connectivity index is 2.43. The van der Waals surface area contributed by atoms with Crippen LogP contribution in [-0.4, -0.2) is 15.6 Å². The summed E-state index contributed by atoms with van der Waals surface area (Å²) in [5.74, 6) is -0.198. The quantitative estimate of drug-likeness (QED) is 0.671. The third-order valence-electron chi connectivity index (χ3n) is 2.54. The van der Waals surface area contributed by atoms with Crippen LogP contribution in [0.1, 0.15) is 11.3 Å². The lowest BCUT2D eigenvalue weighted by Gasteiger charge is -2.08. The van der Waals surface area contributed by atoms with Crippen LogP contribution in [-0.2, 0) is 7.05 Å². The van der Waals surface area contributed by atoms with Crippen molar-refractivity contribution in [3.8, 4) is 11.6 Å². The highest BCUT2D eigenvalue weighted by molar-refractivity contribution is 6.30. The molecule has 0 atom stereocenters. The highest BCUT2D eigenvalue weighted by Gasteiger charge is 2.18. The molecular weight excluding hydrogens is 271 g/mol. The van der Waals surface area contributed by atoms with E-state index in [1.165, 1.54) is 16.8 Å². The molecule has 100 valence electrons. The van der Waals surface area contributed by atoms with Crippen LogP contribution in [0.15, 0.2) is 18.2 Å². The fourth-order valence-electron chi connectivity index (χ4n) is 1.72. The topological polar surface area (TPSA) is 76.9 Å². The Morgan fingerprint density at radius 1 is 1.53 bits per heavy atom. The van der Waals surface area contributed by atoms with E-state index in [1.54, 1.807) is 14.0 Å². The molecule has 0 aliphatic rings. The number of nitrogens with two attached hydrogens (primary N) is 1. The molecule has 3 N–H and O–H groups in total. The Labute approximate surface area is 114 Å². The Morgan fingerprint density at radius 2 is 2.21 bits per heavy atom. The maximum atomic E-state index is 13.3. The van der Waals surface area contributed by atoms with Gasteiger partial charge in [-0.1, -0.05) is 11.6 Å². The second-order valence-corrected chi connectivity index (χ2v) is 4.39. The molecule has 5 nitrogen and oxygen atoms in total. The molecule has 2 aromatic rings. The van der Waals surface area contributed by atoms with Crippen LogP contribution in [0.25, 0.3) is 0 Å². The molecule has 0 spiro atoms. The average Bonchev–Trinajstić information content (AvgIpc) is 2.59. The largest absolute Gasteiger partial charge is 0.438 e. The highest BCUT2D eigenvalue weighted by Crippen LogP contribution is 2.28. The minimum absolute atomic E-state index is 0.0142. The maximum absolute atomic E-state index is 13.3. The van der Waals surface area contributed by atoms with Gasteiger partial charge in [0.05, 0.1) is 10.7 Å². The lowest BCUT2D eigenvalue weighted by Crippen LogP contribution is -2.13. The average molecular weight is 283 g/mol. The van der Waals surface area contributed by atoms with Gasteiger partial charge in [0.25, 0.3) is 0 Å². The number of benzene rings is 1. The van der Waals surface area contributed by atoms with Crippen molar-refractivity contribution in [3.05, 3.63) is 40.3 Å². The number of rotatable bonds is 3. The second kappa shape index (κ2) is 4.89. The lowest BCUT2D eigenvalue weighted by molar-refractivity contribution is 0.426. The van der Waals surface area contributed by atoms with Gasteiger partial charge in [0.15, 0.2) is 0 Å². The maximum Gasteiger partial charge on any atom is 0.228 e. The van der Waals surface area contributed by atoms with Crippen molar-refractivity contribution in [1.29, 1.82) is 5.41 Å². The van der Waals surface area contributed by atoms with Crippen LogP contribution in [0.4, 0.5) is 4.39 Å². The molecule has 2 rings (SSSR count). The molecule has 1 aromatic heterocycles. The summed E-state index contributed by atoms with van der Waals surface area (Å²) in [6, 6.07) is 4.08. The normalized spacial score (nSPS) is 10.5. The van der Waals surface area contributed by atoms with E-state index in [4.69, 9.17) is 27.5 Å². The first-order valence-electron chi connectivity index (χ1n) is 5.41. The van der Waals surface area contributed by atoms with E-state index in [0.29, 0.717) is 11.3 Å². The van der Waals surface area contributed by atoms with Gasteiger partial charge in [0, 0.05) is 13.1 Å². The summed E-state index contributed by atoms with van der Waals surface area (Å²) in [7, 11) is 1.65. The summed E-state index contributed by atoms with van der Waals surface area (Å²) < 4.78 is 20.3. The van der Waals surface area contributed by atoms with Crippen molar-refractivity contribution >= 4 is 17.4 Å². The Morgan fingerprint density at radius 3 is 2.79 bits per heavy atom. The van der Waals surface area contributed by atoms with E-state index in [1.807, 2.05) is 0 Å². The second-order valence-electron chi connectivity index (χ2n) is 3.98. The zero-order chi connectivity index (χ0) is 14.2. The van der Waals surface area contributed by atoms with E-state index in [2.05, 4.69) is 5.10 Å². The van der Waals surface area contributed by atoms with Crippen molar-refractivity contribution in [2.24, 2.45) is 12.8 Å². The minimum Gasteiger partial charge on any atom is -0.438 e. The van der Waals surface area contributed by atoms with Gasteiger partial charge in [-0.15, -0.1) is 0 Å². The van der Waals surface area contributed by atoms with Gasteiger partial charge in [0.2, 0.25) is 5.88 Å². The van der Waals surface area contributed by atoms with Crippen molar-refractivity contribution in [2.75, 3.05) is 0 Å². The number of nitrogen functional groups attached to an aromatic ring is 1. The highest BCUT2D eigenvalue weighted by atomic mass is 35.5. The van der Waals surface area contributed by atoms with Crippen LogP contribution in [0.5, 0.6) is 11.6 Å². The number of nitrogens with one attached hydrogen (secondary N) is 1. The number of aryl methyl sites for hydroxylation is 2. The van der Waals surface area contributed by atoms with Crippen LogP contribution >= 0.6 is 11.6 Å². The summed E-state index contributed by atoms with van der Waals surface area (Å²) in [6.45, 7) is 1.71. The molecule has 19 heavy (non-hydrogen) atoms. The molecular formula is C12H12ClFN4O. The minimum atomic E-state index is -0.581. The zero-order valence-electron chi connectivity index (χ0n) is 10.4. The molecule has 0 aliphatic heterocycles. The van der Waals surface area contributed by atoms with Gasteiger partial charge >= 0.3 is 0 Å². The number of hydrogen-bond donors (Lipinski definition) is 2. The summed E-state index contributed by atoms with van der Waals surface area (Å²) in [4.78, 5) is 0. The van der Waals surface area contributed by atoms with E-state index >= 15 is 0 Å². The Bertz CT molecular complexity index is 653. The SMILES string of the molecule is Cc1nn(C)c(Oc2ccc(Cl)c(F)c2)c1C(=N)N. The van der Waals surface area contributed by atoms with E-state index in [9.17, 15) is 4.39 Å². The van der Waals surface area contributed by atoms with Gasteiger partial charge in [-0.05, 0) is 19.1 Å². The molecule has 0 fully saturated rings. The van der Waals surface area contributed by atoms with Gasteiger partial charge < -0.3 is 10.5 Å². The molecule has 0 amide bonds. The summed E-state index contributed by atoms with van der Waals surface area (Å²) in [6.07, 6.45) is 0. The van der Waals surface area contributed by atoms with Gasteiger partial charge in [-0.3, -0.25) is 5.41 Å². The molecule has 0 aliphatic carbocycles. The van der Waals surface area contributed by atoms with Crippen molar-refractivity contribution < 1.29 is 9.13 Å². The first kappa shape index (κ1) is 13.4. The third kappa shape index (κ3) is 2.53. The van der Waals surface area contributed by atoms with Gasteiger partial charge in [-0.2, -0.15) is 5.10 Å². The smallest absolute Gasteiger partial charge is 0.228 e. The number of aromatic nitrogens is 2. The van der Waals surface area contributed by atoms with Gasteiger partial charge in [0.1, 0.15) is 23.0 Å². The van der Waals surface area contributed by atoms with E-state index in [0.717, 1.165) is 6.07 Å². The monoisotopic (exact) mass is 282 g/mol. The number of nitrogens with zero attached hydrogens (tertiary/aromatic N) is 2. The Kier molecular flexibility index (Phi) is 3.44. The predicted octanol–water partition coefficient (Wildman–Crippen LogP) is 2.60. The zero-order valence-corrected chi connectivity index (χ0v) is 11.1. The molecule has 0 radical (unpaired) electrons. The predicted molar refractivity (Wildman–Crippen MR) is 70.4 cm³/mol. The first-order valence-corrected chi connectivity index (χ1v) is 5.79. The number of amidine groups is 1. The standard InChI is InChI=1S/C12H12ClFN4O/c1-6-10(11(15)16)12(18(2)17-6)19-7-3-4-8(13)9(14)5-7/h3-5H,1-2H3,(H3,15,16). The fourth-order valence-corrected chi connectivity index (χ4v) is 1.83. The van der Waals surface area contributed by atoms with E-state index < -0.39 is 5.82 Å². The molecule has 0 saturated heterocycles. The van der Waals surface area contributed by atoms with Gasteiger partial charge in [-0.25, -0.2) is 9.07 Å². The van der Waals surface area contributed by atoms with Crippen LogP contribution in [0, 0.1) is 18.2 Å². The Hall–Kier alpha value is -2.08. The number of halogens is 2. The molecule has 0 unspecified atom stereocenters. The summed E-state index contributed by atoms with van der Waals surface area (Å²) >= 11 is 5.60. The van der Waals surface area contributed by atoms with Crippen molar-refractivity contribution in [2.45, 2.75) is 6.92 Å². The van der Waals surface area contributed by atoms with Crippen LogP contribution in [0.2, 0.25) is 5.02 Å². The lowest BCUT2D eigenvalue weighted by atomic mass is 10.2. The molecule has 1 aromatic carbocycles. The fraction of sp³-hybridized carbons (Fsp3) is 0.167. The first-order chi connectivity index (χ1) is 8.90. The van der Waals surface area contributed by atoms with Crippen molar-refractivity contribution in [3.63, 3.8) is 0 Å². The van der Waals surface area contributed by atoms with Crippen molar-refractivity contribution in [1.82, 2.24) is 9.78 Å². The molecule has 1 heterocycles. The number of hydrogen-bond acceptors (Lipinski definition) is 3. The molecule has 0 bridgehead atoms. The number of ether oxygens (including phenoxy) is 1. The summed E-state index contributed by atoms with van der Waals surface area (Å²) in [5.41, 5.74) is 6.45. The van der Waals surface area contributed by atoms with Crippen LogP contribution < -0.4 is 10.5 Å². The van der Waals surface area contributed by atoms with Crippen LogP contribution in [0.3, 0.4) is 0 Å². The van der Waals surface area contributed by atoms with E-state index in [-0.39, 0.29) is 22.5 Å². The molecule has 7 heteroatoms. The third-order valence-corrected chi connectivity index (χ3v) is 2.85.